The van der Waals surface area contributed by atoms with Crippen LogP contribution in [-0.2, 0) is 17.8 Å². The zero-order valence-corrected chi connectivity index (χ0v) is 16.7. The molecule has 0 bridgehead atoms. The summed E-state index contributed by atoms with van der Waals surface area (Å²) in [7, 11) is 3.31. The number of hydrogen-bond acceptors (Lipinski definition) is 4. The van der Waals surface area contributed by atoms with E-state index < -0.39 is 0 Å². The number of likely N-dealkylation sites (tertiary alicyclic amines) is 1. The van der Waals surface area contributed by atoms with Gasteiger partial charge in [0.25, 0.3) is 0 Å². The fourth-order valence-electron chi connectivity index (χ4n) is 4.44. The average molecular weight is 380 g/mol. The smallest absolute Gasteiger partial charge is 0.237 e. The van der Waals surface area contributed by atoms with Crippen LogP contribution < -0.4 is 9.47 Å². The van der Waals surface area contributed by atoms with Gasteiger partial charge >= 0.3 is 0 Å². The predicted molar refractivity (Wildman–Crippen MR) is 109 cm³/mol. The Morgan fingerprint density at radius 1 is 1.04 bits per heavy atom. The summed E-state index contributed by atoms with van der Waals surface area (Å²) in [5.41, 5.74) is 3.84. The molecule has 5 heteroatoms. The first kappa shape index (κ1) is 18.8. The molecule has 1 atom stereocenters. The van der Waals surface area contributed by atoms with Gasteiger partial charge in [-0.15, -0.1) is 0 Å². The molecular weight excluding hydrogens is 352 g/mol. The number of fused-ring (bicyclic) bond motifs is 1. The van der Waals surface area contributed by atoms with E-state index in [1.165, 1.54) is 16.7 Å². The number of carbonyl (C=O) groups is 1. The lowest BCUT2D eigenvalue weighted by Gasteiger charge is -2.32. The highest BCUT2D eigenvalue weighted by Crippen LogP contribution is 2.36. The van der Waals surface area contributed by atoms with Gasteiger partial charge in [0.2, 0.25) is 5.91 Å². The van der Waals surface area contributed by atoms with Crippen molar-refractivity contribution >= 4 is 5.91 Å². The molecule has 2 aromatic rings. The van der Waals surface area contributed by atoms with Crippen LogP contribution in [0.4, 0.5) is 0 Å². The minimum absolute atomic E-state index is 0.224. The van der Waals surface area contributed by atoms with Gasteiger partial charge in [-0.2, -0.15) is 0 Å². The summed E-state index contributed by atoms with van der Waals surface area (Å²) >= 11 is 0. The van der Waals surface area contributed by atoms with E-state index in [9.17, 15) is 4.79 Å². The Morgan fingerprint density at radius 2 is 1.82 bits per heavy atom. The molecule has 0 spiro atoms. The van der Waals surface area contributed by atoms with Crippen molar-refractivity contribution in [1.82, 2.24) is 9.80 Å². The van der Waals surface area contributed by atoms with Crippen LogP contribution in [0.2, 0.25) is 0 Å². The lowest BCUT2D eigenvalue weighted by molar-refractivity contribution is -0.133. The first-order valence-electron chi connectivity index (χ1n) is 10.00. The lowest BCUT2D eigenvalue weighted by atomic mass is 10.00. The predicted octanol–water partition coefficient (Wildman–Crippen LogP) is 3.43. The van der Waals surface area contributed by atoms with E-state index in [0.717, 1.165) is 50.4 Å². The first-order chi connectivity index (χ1) is 13.7. The zero-order chi connectivity index (χ0) is 19.5. The van der Waals surface area contributed by atoms with Crippen molar-refractivity contribution in [3.63, 3.8) is 0 Å². The highest BCUT2D eigenvalue weighted by Gasteiger charge is 2.30. The lowest BCUT2D eigenvalue weighted by Crippen LogP contribution is -2.42. The minimum atomic E-state index is 0.224. The molecule has 5 nitrogen and oxygen atoms in total. The molecule has 0 aliphatic carbocycles. The number of methoxy groups -OCH3 is 2. The van der Waals surface area contributed by atoms with E-state index in [1.54, 1.807) is 14.2 Å². The van der Waals surface area contributed by atoms with Gasteiger partial charge in [0.1, 0.15) is 0 Å². The molecule has 2 aliphatic heterocycles. The van der Waals surface area contributed by atoms with Crippen molar-refractivity contribution in [1.29, 1.82) is 0 Å². The fourth-order valence-corrected chi connectivity index (χ4v) is 4.44. The molecule has 0 saturated carbocycles. The summed E-state index contributed by atoms with van der Waals surface area (Å²) in [5.74, 6) is 1.70. The minimum Gasteiger partial charge on any atom is -0.493 e. The molecule has 0 aromatic heterocycles. The Kier molecular flexibility index (Phi) is 5.53. The molecule has 4 rings (SSSR count). The molecule has 1 fully saturated rings. The maximum Gasteiger partial charge on any atom is 0.237 e. The molecule has 1 saturated heterocycles. The van der Waals surface area contributed by atoms with Crippen LogP contribution in [0.1, 0.15) is 35.6 Å². The van der Waals surface area contributed by atoms with Crippen molar-refractivity contribution in [2.45, 2.75) is 31.8 Å². The molecule has 1 unspecified atom stereocenters. The Hall–Kier alpha value is -2.53. The van der Waals surface area contributed by atoms with Gasteiger partial charge in [-0.05, 0) is 54.6 Å². The molecule has 2 heterocycles. The normalized spacial score (nSPS) is 19.4. The maximum absolute atomic E-state index is 13.0. The van der Waals surface area contributed by atoms with Gasteiger partial charge in [-0.3, -0.25) is 9.69 Å². The fraction of sp³-hybridized carbons (Fsp3) is 0.435. The third kappa shape index (κ3) is 3.72. The van der Waals surface area contributed by atoms with Crippen LogP contribution in [0.3, 0.4) is 0 Å². The second-order valence-electron chi connectivity index (χ2n) is 7.58. The number of hydrogen-bond donors (Lipinski definition) is 0. The van der Waals surface area contributed by atoms with Crippen molar-refractivity contribution < 1.29 is 14.3 Å². The Labute approximate surface area is 166 Å². The van der Waals surface area contributed by atoms with Gasteiger partial charge in [0.05, 0.1) is 20.8 Å². The summed E-state index contributed by atoms with van der Waals surface area (Å²) in [5, 5.41) is 0. The summed E-state index contributed by atoms with van der Waals surface area (Å²) < 4.78 is 10.8. The van der Waals surface area contributed by atoms with Gasteiger partial charge in [-0.25, -0.2) is 0 Å². The molecule has 2 aromatic carbocycles. The summed E-state index contributed by atoms with van der Waals surface area (Å²) in [4.78, 5) is 17.3. The van der Waals surface area contributed by atoms with Crippen LogP contribution in [-0.4, -0.2) is 49.6 Å². The van der Waals surface area contributed by atoms with Gasteiger partial charge in [0.15, 0.2) is 11.5 Å². The zero-order valence-electron chi connectivity index (χ0n) is 16.7. The standard InChI is InChI=1S/C23H28N2O3/c1-27-21-10-9-18(14-22(21)28-2)20-8-5-12-24(20)16-23(26)25-13-11-17-6-3-4-7-19(17)15-25/h3-4,6-7,9-10,14,20H,5,8,11-13,15-16H2,1-2H3. The van der Waals surface area contributed by atoms with E-state index >= 15 is 0 Å². The average Bonchev–Trinajstić information content (AvgIpc) is 3.20. The topological polar surface area (TPSA) is 42.0 Å². The van der Waals surface area contributed by atoms with Crippen LogP contribution in [0, 0.1) is 0 Å². The van der Waals surface area contributed by atoms with Crippen LogP contribution >= 0.6 is 0 Å². The number of ether oxygens (including phenoxy) is 2. The number of rotatable bonds is 5. The van der Waals surface area contributed by atoms with Crippen LogP contribution in [0.5, 0.6) is 11.5 Å². The van der Waals surface area contributed by atoms with E-state index in [-0.39, 0.29) is 11.9 Å². The van der Waals surface area contributed by atoms with Gasteiger partial charge in [-0.1, -0.05) is 30.3 Å². The molecular formula is C23H28N2O3. The highest BCUT2D eigenvalue weighted by atomic mass is 16.5. The molecule has 2 aliphatic rings. The first-order valence-corrected chi connectivity index (χ1v) is 10.00. The van der Waals surface area contributed by atoms with Gasteiger partial charge in [0, 0.05) is 19.1 Å². The third-order valence-corrected chi connectivity index (χ3v) is 5.98. The maximum atomic E-state index is 13.0. The van der Waals surface area contributed by atoms with Crippen LogP contribution in [0.25, 0.3) is 0 Å². The highest BCUT2D eigenvalue weighted by molar-refractivity contribution is 5.78. The molecule has 148 valence electrons. The van der Waals surface area contributed by atoms with Gasteiger partial charge < -0.3 is 14.4 Å². The van der Waals surface area contributed by atoms with Crippen molar-refractivity contribution in [2.75, 3.05) is 33.9 Å². The van der Waals surface area contributed by atoms with E-state index in [0.29, 0.717) is 6.54 Å². The molecule has 28 heavy (non-hydrogen) atoms. The van der Waals surface area contributed by atoms with Crippen molar-refractivity contribution in [2.24, 2.45) is 0 Å². The number of benzene rings is 2. The molecule has 1 amide bonds. The number of carbonyl (C=O) groups excluding carboxylic acids is 1. The van der Waals surface area contributed by atoms with Crippen molar-refractivity contribution in [3.8, 4) is 11.5 Å². The number of amides is 1. The van der Waals surface area contributed by atoms with E-state index in [1.807, 2.05) is 17.0 Å². The Bertz CT molecular complexity index is 851. The monoisotopic (exact) mass is 380 g/mol. The van der Waals surface area contributed by atoms with Crippen molar-refractivity contribution in [3.05, 3.63) is 59.2 Å². The Balaban J connectivity index is 1.45. The van der Waals surface area contributed by atoms with E-state index in [4.69, 9.17) is 9.47 Å². The summed E-state index contributed by atoms with van der Waals surface area (Å²) in [6, 6.07) is 14.8. The second kappa shape index (κ2) is 8.23. The largest absolute Gasteiger partial charge is 0.493 e. The summed E-state index contributed by atoms with van der Waals surface area (Å²) in [6.45, 7) is 2.96. The SMILES string of the molecule is COc1ccc(C2CCCN2CC(=O)N2CCc3ccccc3C2)cc1OC. The van der Waals surface area contributed by atoms with Crippen LogP contribution in [0.15, 0.2) is 42.5 Å². The third-order valence-electron chi connectivity index (χ3n) is 5.98. The molecule has 0 radical (unpaired) electrons. The Morgan fingerprint density at radius 3 is 2.61 bits per heavy atom. The number of nitrogens with zero attached hydrogens (tertiary/aromatic N) is 2. The molecule has 0 N–H and O–H groups in total. The van der Waals surface area contributed by atoms with E-state index in [2.05, 4.69) is 35.2 Å². The second-order valence-corrected chi connectivity index (χ2v) is 7.58. The summed E-state index contributed by atoms with van der Waals surface area (Å²) in [6.07, 6.45) is 3.11. The quantitative estimate of drug-likeness (QED) is 0.797.